The van der Waals surface area contributed by atoms with Crippen LogP contribution in [0, 0.1) is 0 Å². The third kappa shape index (κ3) is 3.71. The van der Waals surface area contributed by atoms with Gasteiger partial charge in [-0.05, 0) is 23.8 Å². The van der Waals surface area contributed by atoms with Crippen LogP contribution in [-0.4, -0.2) is 16.1 Å². The van der Waals surface area contributed by atoms with Crippen molar-refractivity contribution in [2.75, 3.05) is 5.32 Å². The Balaban J connectivity index is 2.12. The minimum Gasteiger partial charge on any atom is -0.477 e. The van der Waals surface area contributed by atoms with E-state index in [-0.39, 0.29) is 17.8 Å². The predicted molar refractivity (Wildman–Crippen MR) is 70.0 cm³/mol. The van der Waals surface area contributed by atoms with Crippen LogP contribution < -0.4 is 5.32 Å². The van der Waals surface area contributed by atoms with Gasteiger partial charge >= 0.3 is 12.1 Å². The Morgan fingerprint density at radius 3 is 2.48 bits per heavy atom. The highest BCUT2D eigenvalue weighted by Gasteiger charge is 2.32. The van der Waals surface area contributed by atoms with E-state index in [9.17, 15) is 18.0 Å². The number of nitrogens with zero attached hydrogens (tertiary/aromatic N) is 1. The van der Waals surface area contributed by atoms with Gasteiger partial charge in [-0.3, -0.25) is 0 Å². The monoisotopic (exact) mass is 296 g/mol. The zero-order valence-corrected chi connectivity index (χ0v) is 10.7. The third-order valence-electron chi connectivity index (χ3n) is 2.79. The lowest BCUT2D eigenvalue weighted by Crippen LogP contribution is -2.11. The molecule has 0 atom stereocenters. The van der Waals surface area contributed by atoms with Gasteiger partial charge < -0.3 is 10.4 Å². The molecule has 0 bridgehead atoms. The number of halogens is 3. The van der Waals surface area contributed by atoms with Gasteiger partial charge in [-0.15, -0.1) is 0 Å². The SMILES string of the molecule is O=C(O)c1ccc(NCc2ccccc2C(F)(F)F)cn1. The molecule has 1 aromatic heterocycles. The predicted octanol–water partition coefficient (Wildman–Crippen LogP) is 3.41. The minimum atomic E-state index is -4.41. The molecule has 0 radical (unpaired) electrons. The number of aromatic carboxylic acids is 1. The van der Waals surface area contributed by atoms with E-state index in [0.29, 0.717) is 5.69 Å². The normalized spacial score (nSPS) is 11.2. The summed E-state index contributed by atoms with van der Waals surface area (Å²) in [6.07, 6.45) is -3.15. The highest BCUT2D eigenvalue weighted by atomic mass is 19.4. The van der Waals surface area contributed by atoms with E-state index in [1.165, 1.54) is 36.5 Å². The summed E-state index contributed by atoms with van der Waals surface area (Å²) < 4.78 is 38.4. The molecule has 110 valence electrons. The van der Waals surface area contributed by atoms with Crippen molar-refractivity contribution < 1.29 is 23.1 Å². The molecule has 0 aliphatic rings. The van der Waals surface area contributed by atoms with Crippen LogP contribution in [0.3, 0.4) is 0 Å². The molecule has 1 aromatic carbocycles. The Hall–Kier alpha value is -2.57. The van der Waals surface area contributed by atoms with Crippen LogP contribution in [0.2, 0.25) is 0 Å². The van der Waals surface area contributed by atoms with Crippen molar-refractivity contribution >= 4 is 11.7 Å². The first-order valence-corrected chi connectivity index (χ1v) is 5.96. The van der Waals surface area contributed by atoms with Crippen LogP contribution >= 0.6 is 0 Å². The van der Waals surface area contributed by atoms with Crippen LogP contribution in [0.5, 0.6) is 0 Å². The van der Waals surface area contributed by atoms with Crippen LogP contribution in [-0.2, 0) is 12.7 Å². The fourth-order valence-corrected chi connectivity index (χ4v) is 1.77. The molecule has 4 nitrogen and oxygen atoms in total. The van der Waals surface area contributed by atoms with Gasteiger partial charge in [0.15, 0.2) is 0 Å². The van der Waals surface area contributed by atoms with Gasteiger partial charge in [0.2, 0.25) is 0 Å². The summed E-state index contributed by atoms with van der Waals surface area (Å²) >= 11 is 0. The quantitative estimate of drug-likeness (QED) is 0.907. The lowest BCUT2D eigenvalue weighted by Gasteiger charge is -2.13. The van der Waals surface area contributed by atoms with Crippen molar-refractivity contribution in [3.05, 3.63) is 59.4 Å². The number of carboxylic acids is 1. The lowest BCUT2D eigenvalue weighted by atomic mass is 10.1. The molecule has 1 heterocycles. The van der Waals surface area contributed by atoms with Crippen molar-refractivity contribution in [3.63, 3.8) is 0 Å². The van der Waals surface area contributed by atoms with Crippen molar-refractivity contribution in [2.24, 2.45) is 0 Å². The van der Waals surface area contributed by atoms with E-state index >= 15 is 0 Å². The molecule has 0 spiro atoms. The van der Waals surface area contributed by atoms with Gasteiger partial charge in [-0.2, -0.15) is 13.2 Å². The van der Waals surface area contributed by atoms with E-state index < -0.39 is 17.7 Å². The number of hydrogen-bond donors (Lipinski definition) is 2. The molecule has 0 saturated heterocycles. The molecule has 0 fully saturated rings. The lowest BCUT2D eigenvalue weighted by molar-refractivity contribution is -0.138. The summed E-state index contributed by atoms with van der Waals surface area (Å²) in [5, 5.41) is 11.5. The third-order valence-corrected chi connectivity index (χ3v) is 2.79. The van der Waals surface area contributed by atoms with E-state index in [0.717, 1.165) is 6.07 Å². The Bertz CT molecular complexity index is 639. The molecule has 7 heteroatoms. The summed E-state index contributed by atoms with van der Waals surface area (Å²) in [7, 11) is 0. The average Bonchev–Trinajstić information content (AvgIpc) is 2.45. The number of nitrogens with one attached hydrogen (secondary N) is 1. The second-order valence-electron chi connectivity index (χ2n) is 4.25. The number of aromatic nitrogens is 1. The van der Waals surface area contributed by atoms with E-state index in [1.54, 1.807) is 0 Å². The van der Waals surface area contributed by atoms with Gasteiger partial charge in [0.25, 0.3) is 0 Å². The number of benzene rings is 1. The van der Waals surface area contributed by atoms with Crippen molar-refractivity contribution in [1.29, 1.82) is 0 Å². The molecule has 0 aliphatic heterocycles. The molecule has 2 N–H and O–H groups in total. The fraction of sp³-hybridized carbons (Fsp3) is 0.143. The number of hydrogen-bond acceptors (Lipinski definition) is 3. The summed E-state index contributed by atoms with van der Waals surface area (Å²) in [5.74, 6) is -1.16. The number of pyridine rings is 1. The molecule has 0 unspecified atom stereocenters. The summed E-state index contributed by atoms with van der Waals surface area (Å²) in [6.45, 7) is -0.0379. The second-order valence-corrected chi connectivity index (χ2v) is 4.25. The zero-order valence-electron chi connectivity index (χ0n) is 10.7. The Morgan fingerprint density at radius 2 is 1.90 bits per heavy atom. The van der Waals surface area contributed by atoms with Crippen molar-refractivity contribution in [1.82, 2.24) is 4.98 Å². The van der Waals surface area contributed by atoms with Crippen LogP contribution in [0.25, 0.3) is 0 Å². The van der Waals surface area contributed by atoms with Gasteiger partial charge in [0.1, 0.15) is 5.69 Å². The smallest absolute Gasteiger partial charge is 0.416 e. The maximum Gasteiger partial charge on any atom is 0.416 e. The number of rotatable bonds is 4. The Kier molecular flexibility index (Phi) is 4.11. The highest BCUT2D eigenvalue weighted by Crippen LogP contribution is 2.32. The van der Waals surface area contributed by atoms with Crippen LogP contribution in [0.4, 0.5) is 18.9 Å². The first-order valence-electron chi connectivity index (χ1n) is 5.96. The van der Waals surface area contributed by atoms with Crippen molar-refractivity contribution in [3.8, 4) is 0 Å². The molecule has 21 heavy (non-hydrogen) atoms. The standard InChI is InChI=1S/C14H11F3N2O2/c15-14(16,17)11-4-2-1-3-9(11)7-18-10-5-6-12(13(20)21)19-8-10/h1-6,8,18H,7H2,(H,20,21). The fourth-order valence-electron chi connectivity index (χ4n) is 1.77. The van der Waals surface area contributed by atoms with Gasteiger partial charge in [0.05, 0.1) is 17.4 Å². The molecule has 2 rings (SSSR count). The number of carboxylic acid groups (broad SMARTS) is 1. The minimum absolute atomic E-state index is 0.0379. The summed E-state index contributed by atoms with van der Waals surface area (Å²) in [5.41, 5.74) is -0.284. The maximum atomic E-state index is 12.8. The summed E-state index contributed by atoms with van der Waals surface area (Å²) in [6, 6.07) is 7.98. The molecule has 0 aliphatic carbocycles. The molecule has 0 saturated carbocycles. The highest BCUT2D eigenvalue weighted by molar-refractivity contribution is 5.85. The van der Waals surface area contributed by atoms with E-state index in [1.807, 2.05) is 0 Å². The average molecular weight is 296 g/mol. The van der Waals surface area contributed by atoms with Gasteiger partial charge in [0, 0.05) is 6.54 Å². The molecular formula is C14H11F3N2O2. The number of carbonyl (C=O) groups is 1. The van der Waals surface area contributed by atoms with Gasteiger partial charge in [-0.25, -0.2) is 9.78 Å². The topological polar surface area (TPSA) is 62.2 Å². The van der Waals surface area contributed by atoms with E-state index in [4.69, 9.17) is 5.11 Å². The van der Waals surface area contributed by atoms with Crippen LogP contribution in [0.1, 0.15) is 21.6 Å². The number of anilines is 1. The molecular weight excluding hydrogens is 285 g/mol. The van der Waals surface area contributed by atoms with Crippen molar-refractivity contribution in [2.45, 2.75) is 12.7 Å². The first-order chi connectivity index (χ1) is 9.88. The summed E-state index contributed by atoms with van der Waals surface area (Å²) in [4.78, 5) is 14.3. The largest absolute Gasteiger partial charge is 0.477 e. The Morgan fingerprint density at radius 1 is 1.19 bits per heavy atom. The first kappa shape index (κ1) is 14.8. The molecule has 2 aromatic rings. The zero-order chi connectivity index (χ0) is 15.5. The van der Waals surface area contributed by atoms with Gasteiger partial charge in [-0.1, -0.05) is 18.2 Å². The second kappa shape index (κ2) is 5.82. The molecule has 0 amide bonds. The van der Waals surface area contributed by atoms with E-state index in [2.05, 4.69) is 10.3 Å². The number of alkyl halides is 3. The van der Waals surface area contributed by atoms with Crippen LogP contribution in [0.15, 0.2) is 42.6 Å². The Labute approximate surface area is 118 Å². The maximum absolute atomic E-state index is 12.8.